The molecule has 1 N–H and O–H groups in total. The lowest BCUT2D eigenvalue weighted by molar-refractivity contribution is -0.129. The Hall–Kier alpha value is -3.18. The number of ketones is 1. The molecule has 168 valence electrons. The highest BCUT2D eigenvalue weighted by Crippen LogP contribution is 2.38. The number of aliphatic hydroxyl groups excluding tert-OH is 1. The Kier molecular flexibility index (Phi) is 8.01. The molecule has 1 unspecified atom stereocenters. The Labute approximate surface area is 190 Å². The zero-order chi connectivity index (χ0) is 23.1. The Morgan fingerprint density at radius 1 is 1.03 bits per heavy atom. The Morgan fingerprint density at radius 3 is 2.28 bits per heavy atom. The van der Waals surface area contributed by atoms with Gasteiger partial charge in [-0.2, -0.15) is 0 Å². The normalized spacial score (nSPS) is 16.6. The van der Waals surface area contributed by atoms with Crippen LogP contribution in [0.15, 0.2) is 72.0 Å². The molecule has 0 fully saturated rings. The number of allylic oxidation sites excluding steroid dienone is 1. The van der Waals surface area contributed by atoms with Crippen molar-refractivity contribution in [3.63, 3.8) is 0 Å². The molecule has 3 rings (SSSR count). The van der Waals surface area contributed by atoms with E-state index in [1.54, 1.807) is 11.0 Å². The van der Waals surface area contributed by atoms with Gasteiger partial charge < -0.3 is 14.9 Å². The molecule has 0 spiro atoms. The zero-order valence-corrected chi connectivity index (χ0v) is 19.1. The first kappa shape index (κ1) is 23.5. The fourth-order valence-electron chi connectivity index (χ4n) is 4.03. The molecule has 0 saturated carbocycles. The van der Waals surface area contributed by atoms with E-state index in [1.807, 2.05) is 54.6 Å². The number of hydrogen-bond donors (Lipinski definition) is 1. The first-order valence-corrected chi connectivity index (χ1v) is 11.3. The van der Waals surface area contributed by atoms with Gasteiger partial charge in [0.05, 0.1) is 11.6 Å². The van der Waals surface area contributed by atoms with E-state index in [1.165, 1.54) is 11.6 Å². The fraction of sp³-hybridized carbons (Fsp3) is 0.333. The number of aryl methyl sites for hydroxylation is 1. The van der Waals surface area contributed by atoms with E-state index in [0.717, 1.165) is 30.6 Å². The van der Waals surface area contributed by atoms with Crippen molar-refractivity contribution in [1.82, 2.24) is 9.80 Å². The van der Waals surface area contributed by atoms with Crippen LogP contribution in [0.4, 0.5) is 0 Å². The van der Waals surface area contributed by atoms with Crippen LogP contribution in [0.25, 0.3) is 6.08 Å². The fourth-order valence-corrected chi connectivity index (χ4v) is 4.03. The number of amides is 1. The quantitative estimate of drug-likeness (QED) is 0.559. The molecule has 1 amide bonds. The summed E-state index contributed by atoms with van der Waals surface area (Å²) in [7, 11) is 0. The SMILES string of the molecule is CCc1ccc(C2C(C(=O)C=Cc3ccccc3)=C(O)C(=O)N2CCN(CC)CC)cc1. The van der Waals surface area contributed by atoms with Crippen LogP contribution in [0.3, 0.4) is 0 Å². The maximum atomic E-state index is 13.2. The number of hydrogen-bond acceptors (Lipinski definition) is 4. The molecule has 1 aliphatic heterocycles. The van der Waals surface area contributed by atoms with Crippen LogP contribution in [-0.2, 0) is 16.0 Å². The maximum absolute atomic E-state index is 13.2. The predicted octanol–water partition coefficient (Wildman–Crippen LogP) is 4.57. The summed E-state index contributed by atoms with van der Waals surface area (Å²) in [4.78, 5) is 30.0. The monoisotopic (exact) mass is 432 g/mol. The summed E-state index contributed by atoms with van der Waals surface area (Å²) in [6.07, 6.45) is 4.06. The van der Waals surface area contributed by atoms with Gasteiger partial charge in [-0.25, -0.2) is 0 Å². The van der Waals surface area contributed by atoms with E-state index in [9.17, 15) is 14.7 Å². The van der Waals surface area contributed by atoms with Crippen molar-refractivity contribution in [3.05, 3.63) is 88.7 Å². The van der Waals surface area contributed by atoms with Crippen LogP contribution in [0.5, 0.6) is 0 Å². The molecule has 0 saturated heterocycles. The number of likely N-dealkylation sites (N-methyl/N-ethyl adjacent to an activating group) is 1. The highest BCUT2D eigenvalue weighted by molar-refractivity contribution is 6.14. The second kappa shape index (κ2) is 10.9. The molecule has 32 heavy (non-hydrogen) atoms. The highest BCUT2D eigenvalue weighted by Gasteiger charge is 2.42. The summed E-state index contributed by atoms with van der Waals surface area (Å²) in [5, 5.41) is 10.7. The number of carbonyl (C=O) groups excluding carboxylic acids is 2. The summed E-state index contributed by atoms with van der Waals surface area (Å²) in [6, 6.07) is 16.8. The van der Waals surface area contributed by atoms with Crippen LogP contribution in [-0.4, -0.2) is 52.8 Å². The summed E-state index contributed by atoms with van der Waals surface area (Å²) in [5.74, 6) is -1.29. The average Bonchev–Trinajstić information content (AvgIpc) is 3.09. The summed E-state index contributed by atoms with van der Waals surface area (Å²) < 4.78 is 0. The minimum Gasteiger partial charge on any atom is -0.503 e. The smallest absolute Gasteiger partial charge is 0.290 e. The summed E-state index contributed by atoms with van der Waals surface area (Å²) in [6.45, 7) is 9.10. The van der Waals surface area contributed by atoms with Crippen LogP contribution in [0.2, 0.25) is 0 Å². The van der Waals surface area contributed by atoms with E-state index in [-0.39, 0.29) is 11.4 Å². The van der Waals surface area contributed by atoms with Crippen LogP contribution in [0.1, 0.15) is 43.5 Å². The van der Waals surface area contributed by atoms with Gasteiger partial charge in [0, 0.05) is 13.1 Å². The number of aliphatic hydroxyl groups is 1. The van der Waals surface area contributed by atoms with E-state index >= 15 is 0 Å². The molecule has 0 radical (unpaired) electrons. The van der Waals surface area contributed by atoms with Gasteiger partial charge in [0.25, 0.3) is 5.91 Å². The van der Waals surface area contributed by atoms with Gasteiger partial charge in [0.1, 0.15) is 0 Å². The van der Waals surface area contributed by atoms with Gasteiger partial charge in [-0.05, 0) is 42.3 Å². The molecule has 5 heteroatoms. The lowest BCUT2D eigenvalue weighted by atomic mass is 9.94. The minimum atomic E-state index is -0.600. The average molecular weight is 433 g/mol. The first-order valence-electron chi connectivity index (χ1n) is 11.3. The Morgan fingerprint density at radius 2 is 1.69 bits per heavy atom. The van der Waals surface area contributed by atoms with Gasteiger partial charge >= 0.3 is 0 Å². The minimum absolute atomic E-state index is 0.144. The molecule has 0 bridgehead atoms. The van der Waals surface area contributed by atoms with Crippen molar-refractivity contribution in [2.24, 2.45) is 0 Å². The first-order chi connectivity index (χ1) is 15.5. The number of rotatable bonds is 10. The van der Waals surface area contributed by atoms with Crippen molar-refractivity contribution in [2.75, 3.05) is 26.2 Å². The maximum Gasteiger partial charge on any atom is 0.290 e. The van der Waals surface area contributed by atoms with E-state index < -0.39 is 17.7 Å². The Bertz CT molecular complexity index is 989. The topological polar surface area (TPSA) is 60.9 Å². The molecular formula is C27H32N2O3. The number of carbonyl (C=O) groups is 2. The van der Waals surface area contributed by atoms with Crippen LogP contribution >= 0.6 is 0 Å². The lowest BCUT2D eigenvalue weighted by Gasteiger charge is -2.29. The van der Waals surface area contributed by atoms with Gasteiger partial charge in [-0.3, -0.25) is 9.59 Å². The molecular weight excluding hydrogens is 400 g/mol. The van der Waals surface area contributed by atoms with Crippen molar-refractivity contribution in [3.8, 4) is 0 Å². The molecule has 2 aromatic rings. The van der Waals surface area contributed by atoms with Crippen molar-refractivity contribution < 1.29 is 14.7 Å². The molecule has 1 heterocycles. The van der Waals surface area contributed by atoms with Gasteiger partial charge in [0.15, 0.2) is 11.5 Å². The lowest BCUT2D eigenvalue weighted by Crippen LogP contribution is -2.38. The number of benzene rings is 2. The van der Waals surface area contributed by atoms with Crippen molar-refractivity contribution in [2.45, 2.75) is 33.2 Å². The summed E-state index contributed by atoms with van der Waals surface area (Å²) in [5.41, 5.74) is 3.03. The third-order valence-corrected chi connectivity index (χ3v) is 6.05. The third-order valence-electron chi connectivity index (χ3n) is 6.05. The van der Waals surface area contributed by atoms with Crippen molar-refractivity contribution in [1.29, 1.82) is 0 Å². The highest BCUT2D eigenvalue weighted by atomic mass is 16.3. The molecule has 2 aromatic carbocycles. The molecule has 1 atom stereocenters. The number of nitrogens with zero attached hydrogens (tertiary/aromatic N) is 2. The van der Waals surface area contributed by atoms with E-state index in [0.29, 0.717) is 13.1 Å². The zero-order valence-electron chi connectivity index (χ0n) is 19.1. The molecule has 1 aliphatic rings. The van der Waals surface area contributed by atoms with Crippen LogP contribution in [0, 0.1) is 0 Å². The summed E-state index contributed by atoms with van der Waals surface area (Å²) >= 11 is 0. The van der Waals surface area contributed by atoms with Gasteiger partial charge in [-0.15, -0.1) is 0 Å². The Balaban J connectivity index is 1.95. The van der Waals surface area contributed by atoms with Gasteiger partial charge in [-0.1, -0.05) is 81.4 Å². The van der Waals surface area contributed by atoms with E-state index in [4.69, 9.17) is 0 Å². The van der Waals surface area contributed by atoms with E-state index in [2.05, 4.69) is 25.7 Å². The molecule has 0 aromatic heterocycles. The molecule has 0 aliphatic carbocycles. The standard InChI is InChI=1S/C27H32N2O3/c1-4-20-12-15-22(16-13-20)25-24(23(30)17-14-21-10-8-7-9-11-21)26(31)27(32)29(25)19-18-28(5-2)6-3/h7-17,25,31H,4-6,18-19H2,1-3H3. The van der Waals surface area contributed by atoms with Crippen molar-refractivity contribution >= 4 is 17.8 Å². The van der Waals surface area contributed by atoms with Crippen LogP contribution < -0.4 is 0 Å². The second-order valence-corrected chi connectivity index (χ2v) is 7.89. The molecule has 5 nitrogen and oxygen atoms in total. The predicted molar refractivity (Wildman–Crippen MR) is 128 cm³/mol. The van der Waals surface area contributed by atoms with Gasteiger partial charge in [0.2, 0.25) is 0 Å². The second-order valence-electron chi connectivity index (χ2n) is 7.89. The third kappa shape index (κ3) is 5.17. The largest absolute Gasteiger partial charge is 0.503 e.